The zero-order chi connectivity index (χ0) is 9.26. The van der Waals surface area contributed by atoms with Gasteiger partial charge in [-0.05, 0) is 12.1 Å². The third-order valence-electron chi connectivity index (χ3n) is 1.71. The highest BCUT2D eigenvalue weighted by molar-refractivity contribution is 5.79. The van der Waals surface area contributed by atoms with E-state index in [2.05, 4.69) is 4.98 Å². The fourth-order valence-corrected chi connectivity index (χ4v) is 1.10. The van der Waals surface area contributed by atoms with Crippen LogP contribution in [0.5, 0.6) is 5.75 Å². The minimum Gasteiger partial charge on any atom is -0.497 e. The van der Waals surface area contributed by atoms with Gasteiger partial charge in [0, 0.05) is 6.07 Å². The van der Waals surface area contributed by atoms with Gasteiger partial charge in [-0.1, -0.05) is 0 Å². The predicted molar refractivity (Wildman–Crippen MR) is 45.9 cm³/mol. The van der Waals surface area contributed by atoms with Gasteiger partial charge < -0.3 is 9.15 Å². The van der Waals surface area contributed by atoms with Crippen LogP contribution in [0.1, 0.15) is 10.7 Å². The average molecular weight is 177 g/mol. The molecule has 0 unspecified atom stereocenters. The zero-order valence-corrected chi connectivity index (χ0v) is 6.98. The standard InChI is InChI=1S/C9H7NO3/c1-12-6-2-3-7-8(4-6)13-9(5-11)10-7/h2-5H,1H3. The van der Waals surface area contributed by atoms with Gasteiger partial charge in [0.1, 0.15) is 11.3 Å². The molecule has 1 heterocycles. The summed E-state index contributed by atoms with van der Waals surface area (Å²) in [6, 6.07) is 5.19. The van der Waals surface area contributed by atoms with Crippen molar-refractivity contribution in [2.45, 2.75) is 0 Å². The summed E-state index contributed by atoms with van der Waals surface area (Å²) in [6.45, 7) is 0. The van der Waals surface area contributed by atoms with E-state index in [1.807, 2.05) is 0 Å². The van der Waals surface area contributed by atoms with Crippen molar-refractivity contribution in [3.8, 4) is 5.75 Å². The Labute approximate surface area is 74.1 Å². The number of hydrogen-bond donors (Lipinski definition) is 0. The van der Waals surface area contributed by atoms with E-state index >= 15 is 0 Å². The molecule has 0 N–H and O–H groups in total. The molecule has 66 valence electrons. The van der Waals surface area contributed by atoms with E-state index in [1.165, 1.54) is 0 Å². The molecule has 13 heavy (non-hydrogen) atoms. The van der Waals surface area contributed by atoms with E-state index in [1.54, 1.807) is 25.3 Å². The van der Waals surface area contributed by atoms with Crippen molar-refractivity contribution >= 4 is 17.4 Å². The van der Waals surface area contributed by atoms with Crippen LogP contribution in [0.3, 0.4) is 0 Å². The van der Waals surface area contributed by atoms with Crippen LogP contribution in [-0.2, 0) is 0 Å². The molecule has 0 radical (unpaired) electrons. The number of hydrogen-bond acceptors (Lipinski definition) is 4. The number of rotatable bonds is 2. The SMILES string of the molecule is COc1ccc2nc(C=O)oc2c1. The van der Waals surface area contributed by atoms with E-state index in [9.17, 15) is 4.79 Å². The topological polar surface area (TPSA) is 52.3 Å². The van der Waals surface area contributed by atoms with Crippen molar-refractivity contribution in [3.05, 3.63) is 24.1 Å². The lowest BCUT2D eigenvalue weighted by Gasteiger charge is -1.95. The van der Waals surface area contributed by atoms with Crippen molar-refractivity contribution in [1.29, 1.82) is 0 Å². The normalized spacial score (nSPS) is 10.2. The molecule has 4 nitrogen and oxygen atoms in total. The average Bonchev–Trinajstić information content (AvgIpc) is 2.58. The molecule has 0 fully saturated rings. The molecule has 1 aromatic heterocycles. The second kappa shape index (κ2) is 2.90. The third kappa shape index (κ3) is 1.26. The van der Waals surface area contributed by atoms with Crippen LogP contribution in [0.2, 0.25) is 0 Å². The lowest BCUT2D eigenvalue weighted by Crippen LogP contribution is -1.80. The number of carbonyl (C=O) groups is 1. The van der Waals surface area contributed by atoms with Gasteiger partial charge in [-0.3, -0.25) is 4.79 Å². The van der Waals surface area contributed by atoms with Gasteiger partial charge >= 0.3 is 0 Å². The molecular weight excluding hydrogens is 170 g/mol. The highest BCUT2D eigenvalue weighted by Gasteiger charge is 2.04. The first-order chi connectivity index (χ1) is 6.33. The van der Waals surface area contributed by atoms with Crippen LogP contribution in [0.25, 0.3) is 11.1 Å². The Balaban J connectivity index is 2.63. The molecule has 0 spiro atoms. The van der Waals surface area contributed by atoms with Gasteiger partial charge in [0.15, 0.2) is 5.58 Å². The molecule has 0 aliphatic carbocycles. The largest absolute Gasteiger partial charge is 0.497 e. The summed E-state index contributed by atoms with van der Waals surface area (Å²) in [5.74, 6) is 0.768. The molecule has 0 atom stereocenters. The molecule has 2 aromatic rings. The van der Waals surface area contributed by atoms with Gasteiger partial charge in [0.2, 0.25) is 6.29 Å². The summed E-state index contributed by atoms with van der Waals surface area (Å²) >= 11 is 0. The van der Waals surface area contributed by atoms with Gasteiger partial charge in [-0.15, -0.1) is 0 Å². The Morgan fingerprint density at radius 1 is 1.54 bits per heavy atom. The summed E-state index contributed by atoms with van der Waals surface area (Å²) in [4.78, 5) is 14.3. The summed E-state index contributed by atoms with van der Waals surface area (Å²) in [7, 11) is 1.57. The van der Waals surface area contributed by atoms with Crippen LogP contribution >= 0.6 is 0 Å². The first-order valence-corrected chi connectivity index (χ1v) is 3.73. The van der Waals surface area contributed by atoms with Crippen molar-refractivity contribution in [2.75, 3.05) is 7.11 Å². The van der Waals surface area contributed by atoms with Crippen molar-refractivity contribution in [2.24, 2.45) is 0 Å². The lowest BCUT2D eigenvalue weighted by atomic mass is 10.3. The van der Waals surface area contributed by atoms with Crippen molar-refractivity contribution < 1.29 is 13.9 Å². The van der Waals surface area contributed by atoms with Crippen molar-refractivity contribution in [1.82, 2.24) is 4.98 Å². The Morgan fingerprint density at radius 3 is 3.08 bits per heavy atom. The molecule has 4 heteroatoms. The smallest absolute Gasteiger partial charge is 0.260 e. The molecule has 0 amide bonds. The zero-order valence-electron chi connectivity index (χ0n) is 6.98. The molecular formula is C9H7NO3. The number of aldehydes is 1. The molecule has 0 aliphatic rings. The molecule has 0 saturated carbocycles. The van der Waals surface area contributed by atoms with Gasteiger partial charge in [-0.2, -0.15) is 0 Å². The molecule has 0 bridgehead atoms. The quantitative estimate of drug-likeness (QED) is 0.654. The number of benzene rings is 1. The highest BCUT2D eigenvalue weighted by atomic mass is 16.5. The summed E-state index contributed by atoms with van der Waals surface area (Å²) in [6.07, 6.45) is 0.576. The highest BCUT2D eigenvalue weighted by Crippen LogP contribution is 2.20. The van der Waals surface area contributed by atoms with E-state index < -0.39 is 0 Å². The van der Waals surface area contributed by atoms with Crippen LogP contribution in [-0.4, -0.2) is 18.4 Å². The minimum atomic E-state index is 0.0863. The lowest BCUT2D eigenvalue weighted by molar-refractivity contribution is 0.109. The number of oxazole rings is 1. The van der Waals surface area contributed by atoms with E-state index in [4.69, 9.17) is 9.15 Å². The molecule has 1 aromatic carbocycles. The molecule has 2 rings (SSSR count). The van der Waals surface area contributed by atoms with Crippen molar-refractivity contribution in [3.63, 3.8) is 0 Å². The van der Waals surface area contributed by atoms with Crippen LogP contribution < -0.4 is 4.74 Å². The van der Waals surface area contributed by atoms with E-state index in [-0.39, 0.29) is 5.89 Å². The Bertz CT molecular complexity index is 447. The summed E-state index contributed by atoms with van der Waals surface area (Å²) in [5.41, 5.74) is 1.21. The maximum atomic E-state index is 10.3. The first kappa shape index (κ1) is 7.79. The third-order valence-corrected chi connectivity index (χ3v) is 1.71. The number of nitrogens with zero attached hydrogens (tertiary/aromatic N) is 1. The number of ether oxygens (including phenoxy) is 1. The first-order valence-electron chi connectivity index (χ1n) is 3.73. The fraction of sp³-hybridized carbons (Fsp3) is 0.111. The maximum absolute atomic E-state index is 10.3. The summed E-state index contributed by atoms with van der Waals surface area (Å²) < 4.78 is 10.1. The van der Waals surface area contributed by atoms with Crippen LogP contribution in [0.4, 0.5) is 0 Å². The number of aromatic nitrogens is 1. The Morgan fingerprint density at radius 2 is 2.38 bits per heavy atom. The van der Waals surface area contributed by atoms with Crippen LogP contribution in [0.15, 0.2) is 22.6 Å². The van der Waals surface area contributed by atoms with E-state index in [0.29, 0.717) is 23.1 Å². The second-order valence-corrected chi connectivity index (χ2v) is 2.50. The Kier molecular flexibility index (Phi) is 1.73. The minimum absolute atomic E-state index is 0.0863. The second-order valence-electron chi connectivity index (χ2n) is 2.50. The molecule has 0 aliphatic heterocycles. The van der Waals surface area contributed by atoms with Gasteiger partial charge in [0.05, 0.1) is 7.11 Å². The predicted octanol–water partition coefficient (Wildman–Crippen LogP) is 1.65. The molecule has 0 saturated heterocycles. The number of methoxy groups -OCH3 is 1. The Hall–Kier alpha value is -1.84. The van der Waals surface area contributed by atoms with Gasteiger partial charge in [-0.25, -0.2) is 4.98 Å². The van der Waals surface area contributed by atoms with E-state index in [0.717, 1.165) is 0 Å². The van der Waals surface area contributed by atoms with Crippen LogP contribution in [0, 0.1) is 0 Å². The monoisotopic (exact) mass is 177 g/mol. The summed E-state index contributed by atoms with van der Waals surface area (Å²) in [5, 5.41) is 0. The fourth-order valence-electron chi connectivity index (χ4n) is 1.10. The maximum Gasteiger partial charge on any atom is 0.260 e. The number of fused-ring (bicyclic) bond motifs is 1. The van der Waals surface area contributed by atoms with Gasteiger partial charge in [0.25, 0.3) is 5.89 Å². The number of carbonyl (C=O) groups excluding carboxylic acids is 1.